The van der Waals surface area contributed by atoms with Crippen LogP contribution in [0.1, 0.15) is 81.4 Å². The molecule has 0 N–H and O–H groups in total. The van der Waals surface area contributed by atoms with Crippen LogP contribution in [0.2, 0.25) is 0 Å². The van der Waals surface area contributed by atoms with Crippen LogP contribution in [0.25, 0.3) is 0 Å². The van der Waals surface area contributed by atoms with Gasteiger partial charge < -0.3 is 37.9 Å². The zero-order chi connectivity index (χ0) is 75.4. The number of hydrogen-bond acceptors (Lipinski definition) is 20. The second-order valence-electron chi connectivity index (χ2n) is 25.7. The zero-order valence-electron chi connectivity index (χ0n) is 60.4. The minimum Gasteiger partial charge on any atom is -0.456 e. The fourth-order valence-corrected chi connectivity index (χ4v) is 14.8. The summed E-state index contributed by atoms with van der Waals surface area (Å²) < 4.78 is 124. The topological polar surface area (TPSA) is 228 Å². The number of phosphoric ester groups is 2. The van der Waals surface area contributed by atoms with Crippen molar-refractivity contribution in [3.8, 4) is 0 Å². The van der Waals surface area contributed by atoms with Crippen LogP contribution in [0.15, 0.2) is 310 Å². The zero-order valence-corrected chi connectivity index (χ0v) is 62.2. The first kappa shape index (κ1) is 78.8. The van der Waals surface area contributed by atoms with Crippen molar-refractivity contribution < 1.29 is 83.8 Å². The van der Waals surface area contributed by atoms with E-state index in [0.717, 1.165) is 44.5 Å². The maximum atomic E-state index is 15.6. The lowest BCUT2D eigenvalue weighted by molar-refractivity contribution is -0.209. The standard InChI is InChI=1S/C86H87N3O18P2/c1-65(90)105-83-80(64-104-109(93,101-59-72-43-23-8-24-44-72)102-60-73-45-25-9-26-46-73)107-85(84(83)106-66(2)91)89-53-77(87-88-89)61-95-78(62-98-86(74-47-27-10-28-48-74,75-49-29-11-30-50-75)76-51-31-12-32-52-76)81(96-55-68-35-15-4-16-36-68)82(97-56-69-37-17-5-18-38-69)79(94-54-67-33-13-3-14-34-67)63-103-108(92,99-57-70-39-19-6-20-40-70)100-58-71-41-21-7-22-42-71/h3-53,78-85H,54-64H2,1-2H3/t78-,79+,80-,81-,82-,83-,84-,85-/m1/s1. The second-order valence-corrected chi connectivity index (χ2v) is 29.1. The molecule has 8 atom stereocenters. The predicted molar refractivity (Wildman–Crippen MR) is 406 cm³/mol. The van der Waals surface area contributed by atoms with Crippen molar-refractivity contribution in [2.24, 2.45) is 0 Å². The summed E-state index contributed by atoms with van der Waals surface area (Å²) in [5, 5.41) is 9.18. The van der Waals surface area contributed by atoms with Crippen LogP contribution in [0, 0.1) is 0 Å². The number of phosphoric acid groups is 2. The van der Waals surface area contributed by atoms with E-state index in [9.17, 15) is 14.2 Å². The minimum absolute atomic E-state index is 0.00221. The molecule has 0 bridgehead atoms. The van der Waals surface area contributed by atoms with Crippen molar-refractivity contribution in [3.63, 3.8) is 0 Å². The van der Waals surface area contributed by atoms with E-state index < -0.39 is 95.4 Å². The Morgan fingerprint density at radius 2 is 0.697 bits per heavy atom. The molecule has 11 aromatic rings. The van der Waals surface area contributed by atoms with E-state index in [4.69, 9.17) is 65.0 Å². The summed E-state index contributed by atoms with van der Waals surface area (Å²) in [5.74, 6) is -1.48. The lowest BCUT2D eigenvalue weighted by Crippen LogP contribution is -2.53. The lowest BCUT2D eigenvalue weighted by atomic mass is 9.80. The fraction of sp³-hybridized carbons (Fsp3) is 0.256. The number of rotatable bonds is 42. The molecule has 0 spiro atoms. The Morgan fingerprint density at radius 1 is 0.385 bits per heavy atom. The Labute approximate surface area is 635 Å². The number of carbonyl (C=O) groups excluding carboxylic acids is 2. The normalized spacial score (nSPS) is 16.4. The van der Waals surface area contributed by atoms with Gasteiger partial charge in [0, 0.05) is 13.8 Å². The van der Waals surface area contributed by atoms with Crippen LogP contribution in [0.3, 0.4) is 0 Å². The van der Waals surface area contributed by atoms with E-state index in [-0.39, 0.29) is 65.2 Å². The minimum atomic E-state index is -4.54. The first-order valence-electron chi connectivity index (χ1n) is 35.9. The second kappa shape index (κ2) is 40.1. The van der Waals surface area contributed by atoms with Crippen molar-refractivity contribution in [3.05, 3.63) is 371 Å². The summed E-state index contributed by atoms with van der Waals surface area (Å²) in [6.45, 7) is 0.316. The van der Waals surface area contributed by atoms with Crippen LogP contribution in [0.4, 0.5) is 0 Å². The van der Waals surface area contributed by atoms with Gasteiger partial charge in [-0.3, -0.25) is 36.7 Å². The number of ether oxygens (including phenoxy) is 8. The molecule has 10 aromatic carbocycles. The number of aromatic nitrogens is 3. The molecule has 23 heteroatoms. The van der Waals surface area contributed by atoms with Gasteiger partial charge in [0.2, 0.25) is 0 Å². The molecule has 21 nitrogen and oxygen atoms in total. The summed E-state index contributed by atoms with van der Waals surface area (Å²) in [5.41, 5.74) is 6.52. The average molecular weight is 1510 g/mol. The summed E-state index contributed by atoms with van der Waals surface area (Å²) in [6, 6.07) is 95.3. The molecular formula is C86H87N3O18P2. The van der Waals surface area contributed by atoms with Gasteiger partial charge in [-0.25, -0.2) is 13.8 Å². The average Bonchev–Trinajstić information content (AvgIpc) is 0.952. The molecule has 0 unspecified atom stereocenters. The molecular weight excluding hydrogens is 1420 g/mol. The third-order valence-electron chi connectivity index (χ3n) is 17.8. The van der Waals surface area contributed by atoms with Crippen LogP contribution in [0.5, 0.6) is 0 Å². The molecule has 1 aliphatic heterocycles. The van der Waals surface area contributed by atoms with Crippen molar-refractivity contribution in [1.29, 1.82) is 0 Å². The number of benzene rings is 10. The van der Waals surface area contributed by atoms with Crippen LogP contribution in [-0.4, -0.2) is 89.5 Å². The lowest BCUT2D eigenvalue weighted by Gasteiger charge is -2.40. The van der Waals surface area contributed by atoms with Gasteiger partial charge in [0.15, 0.2) is 18.4 Å². The van der Waals surface area contributed by atoms with Gasteiger partial charge in [-0.2, -0.15) is 0 Å². The van der Waals surface area contributed by atoms with Crippen LogP contribution in [-0.2, 0) is 142 Å². The van der Waals surface area contributed by atoms with Gasteiger partial charge in [0.1, 0.15) is 41.8 Å². The van der Waals surface area contributed by atoms with Crippen LogP contribution < -0.4 is 0 Å². The molecule has 0 amide bonds. The van der Waals surface area contributed by atoms with E-state index in [1.165, 1.54) is 24.7 Å². The Balaban J connectivity index is 0.940. The first-order valence-corrected chi connectivity index (χ1v) is 38.8. The van der Waals surface area contributed by atoms with Gasteiger partial charge >= 0.3 is 27.6 Å². The molecule has 1 saturated heterocycles. The van der Waals surface area contributed by atoms with Crippen molar-refractivity contribution in [1.82, 2.24) is 15.0 Å². The van der Waals surface area contributed by atoms with Crippen molar-refractivity contribution in [2.75, 3.05) is 19.8 Å². The quantitative estimate of drug-likeness (QED) is 0.0197. The van der Waals surface area contributed by atoms with Crippen molar-refractivity contribution >= 4 is 27.6 Å². The van der Waals surface area contributed by atoms with Gasteiger partial charge in [-0.15, -0.1) is 5.10 Å². The molecule has 12 rings (SSSR count). The Bertz CT molecular complexity index is 4400. The number of esters is 2. The molecule has 1 fully saturated rings. The number of nitrogens with zero attached hydrogens (tertiary/aromatic N) is 3. The maximum Gasteiger partial charge on any atom is 0.475 e. The highest BCUT2D eigenvalue weighted by Gasteiger charge is 2.52. The van der Waals surface area contributed by atoms with Crippen molar-refractivity contribution in [2.45, 2.75) is 121 Å². The summed E-state index contributed by atoms with van der Waals surface area (Å²) in [4.78, 5) is 26.3. The van der Waals surface area contributed by atoms with E-state index in [0.29, 0.717) is 11.1 Å². The number of carbonyl (C=O) groups is 2. The maximum absolute atomic E-state index is 15.6. The molecule has 0 saturated carbocycles. The van der Waals surface area contributed by atoms with Gasteiger partial charge in [0.25, 0.3) is 0 Å². The van der Waals surface area contributed by atoms with Gasteiger partial charge in [-0.05, 0) is 55.6 Å². The third-order valence-corrected chi connectivity index (χ3v) is 20.5. The summed E-state index contributed by atoms with van der Waals surface area (Å²) in [7, 11) is -9.00. The first-order chi connectivity index (χ1) is 53.4. The molecule has 0 aliphatic carbocycles. The van der Waals surface area contributed by atoms with Crippen LogP contribution >= 0.6 is 15.6 Å². The fourth-order valence-electron chi connectivity index (χ4n) is 12.5. The SMILES string of the molecule is CC(=O)O[C@@H]1[C@H](OC(C)=O)[C@@H](COP(=O)(OCc2ccccc2)OCc2ccccc2)O[C@H]1n1cc(CO[C@H](COC(c2ccccc2)(c2ccccc2)c2ccccc2)[C@@H](OCc2ccccc2)[C@H](OCc2ccccc2)[C@H](COP(=O)(OCc2ccccc2)OCc2ccccc2)OCc2ccccc2)nn1. The van der Waals surface area contributed by atoms with E-state index >= 15 is 4.57 Å². The highest BCUT2D eigenvalue weighted by atomic mass is 31.2. The highest BCUT2D eigenvalue weighted by Crippen LogP contribution is 2.53. The van der Waals surface area contributed by atoms with E-state index in [1.54, 1.807) is 24.3 Å². The molecule has 564 valence electrons. The predicted octanol–water partition coefficient (Wildman–Crippen LogP) is 16.8. The molecule has 1 aliphatic rings. The monoisotopic (exact) mass is 1510 g/mol. The molecule has 2 heterocycles. The summed E-state index contributed by atoms with van der Waals surface area (Å²) in [6.07, 6.45) is -8.63. The summed E-state index contributed by atoms with van der Waals surface area (Å²) >= 11 is 0. The van der Waals surface area contributed by atoms with Gasteiger partial charge in [-0.1, -0.05) is 309 Å². The van der Waals surface area contributed by atoms with E-state index in [2.05, 4.69) is 10.3 Å². The molecule has 1 aromatic heterocycles. The van der Waals surface area contributed by atoms with Gasteiger partial charge in [0.05, 0.1) is 78.9 Å². The largest absolute Gasteiger partial charge is 0.475 e. The Morgan fingerprint density at radius 3 is 1.06 bits per heavy atom. The molecule has 0 radical (unpaired) electrons. The Hall–Kier alpha value is -9.74. The molecule has 109 heavy (non-hydrogen) atoms. The Kier molecular flexibility index (Phi) is 29.0. The third kappa shape index (κ3) is 22.9. The smallest absolute Gasteiger partial charge is 0.456 e. The number of hydrogen-bond donors (Lipinski definition) is 0. The van der Waals surface area contributed by atoms with E-state index in [1.807, 2.05) is 279 Å². The highest BCUT2D eigenvalue weighted by molar-refractivity contribution is 7.48.